The molecular weight excluding hydrogens is 258 g/mol. The van der Waals surface area contributed by atoms with Crippen LogP contribution < -0.4 is 5.32 Å². The number of halogens is 1. The van der Waals surface area contributed by atoms with Crippen molar-refractivity contribution in [2.75, 3.05) is 26.2 Å². The summed E-state index contributed by atoms with van der Waals surface area (Å²) in [6, 6.07) is 4.54. The van der Waals surface area contributed by atoms with E-state index in [-0.39, 0.29) is 0 Å². The smallest absolute Gasteiger partial charge is 0.129 e. The Labute approximate surface area is 121 Å². The molecule has 0 radical (unpaired) electrons. The van der Waals surface area contributed by atoms with Gasteiger partial charge in [0.2, 0.25) is 0 Å². The van der Waals surface area contributed by atoms with Crippen LogP contribution in [0.4, 0.5) is 0 Å². The molecule has 1 atom stereocenters. The van der Waals surface area contributed by atoms with Crippen LogP contribution in [0.25, 0.3) is 0 Å². The second-order valence-corrected chi connectivity index (χ2v) is 5.60. The normalized spacial score (nSPS) is 18.4. The first-order valence-electron chi connectivity index (χ1n) is 7.37. The van der Waals surface area contributed by atoms with Crippen molar-refractivity contribution < 1.29 is 0 Å². The highest BCUT2D eigenvalue weighted by Gasteiger charge is 2.21. The summed E-state index contributed by atoms with van der Waals surface area (Å²) >= 11 is 5.89. The van der Waals surface area contributed by atoms with Crippen molar-refractivity contribution in [2.24, 2.45) is 0 Å². The van der Waals surface area contributed by atoms with Gasteiger partial charge >= 0.3 is 0 Å². The maximum absolute atomic E-state index is 5.89. The molecule has 2 rings (SSSR count). The number of pyridine rings is 1. The Kier molecular flexibility index (Phi) is 6.08. The maximum atomic E-state index is 5.89. The highest BCUT2D eigenvalue weighted by atomic mass is 35.5. The number of rotatable bonds is 6. The lowest BCUT2D eigenvalue weighted by atomic mass is 9.99. The van der Waals surface area contributed by atoms with E-state index < -0.39 is 0 Å². The summed E-state index contributed by atoms with van der Waals surface area (Å²) in [5.74, 6) is 0. The van der Waals surface area contributed by atoms with Crippen LogP contribution in [0, 0.1) is 0 Å². The maximum Gasteiger partial charge on any atom is 0.129 e. The summed E-state index contributed by atoms with van der Waals surface area (Å²) in [6.45, 7) is 6.68. The first-order valence-corrected chi connectivity index (χ1v) is 7.75. The van der Waals surface area contributed by atoms with E-state index in [0.717, 1.165) is 26.2 Å². The lowest BCUT2D eigenvalue weighted by Crippen LogP contribution is -2.45. The zero-order valence-corrected chi connectivity index (χ0v) is 12.5. The molecule has 1 aliphatic rings. The second-order valence-electron chi connectivity index (χ2n) is 5.21. The van der Waals surface area contributed by atoms with Gasteiger partial charge < -0.3 is 5.32 Å². The van der Waals surface area contributed by atoms with Gasteiger partial charge in [-0.2, -0.15) is 0 Å². The molecule has 4 heteroatoms. The minimum Gasteiger partial charge on any atom is -0.314 e. The number of nitrogens with one attached hydrogen (secondary N) is 1. The standard InChI is InChI=1S/C15H24ClN3/c1-2-3-4-5-14(19-10-8-17-9-11-19)13-6-7-15(16)18-12-13/h6-7,12,14,17H,2-5,8-11H2,1H3/t14-/m0/s1. The third-order valence-corrected chi connectivity index (χ3v) is 4.03. The average Bonchev–Trinajstić information content (AvgIpc) is 2.46. The number of aromatic nitrogens is 1. The summed E-state index contributed by atoms with van der Waals surface area (Å²) in [4.78, 5) is 6.83. The lowest BCUT2D eigenvalue weighted by molar-refractivity contribution is 0.162. The predicted octanol–water partition coefficient (Wildman–Crippen LogP) is 3.26. The van der Waals surface area contributed by atoms with Gasteiger partial charge in [0.05, 0.1) is 0 Å². The van der Waals surface area contributed by atoms with E-state index in [0.29, 0.717) is 11.2 Å². The molecule has 1 aliphatic heterocycles. The monoisotopic (exact) mass is 281 g/mol. The molecule has 3 nitrogen and oxygen atoms in total. The summed E-state index contributed by atoms with van der Waals surface area (Å²) in [7, 11) is 0. The van der Waals surface area contributed by atoms with Crippen molar-refractivity contribution in [3.05, 3.63) is 29.0 Å². The van der Waals surface area contributed by atoms with E-state index in [9.17, 15) is 0 Å². The SMILES string of the molecule is CCCCC[C@@H](c1ccc(Cl)nc1)N1CCNCC1. The molecule has 2 heterocycles. The van der Waals surface area contributed by atoms with Crippen molar-refractivity contribution in [3.63, 3.8) is 0 Å². The minimum atomic E-state index is 0.499. The van der Waals surface area contributed by atoms with E-state index in [1.54, 1.807) is 0 Å². The first-order chi connectivity index (χ1) is 9.31. The lowest BCUT2D eigenvalue weighted by Gasteiger charge is -2.35. The molecule has 1 N–H and O–H groups in total. The van der Waals surface area contributed by atoms with Gasteiger partial charge in [0.15, 0.2) is 0 Å². The number of piperazine rings is 1. The van der Waals surface area contributed by atoms with Crippen molar-refractivity contribution >= 4 is 11.6 Å². The zero-order valence-electron chi connectivity index (χ0n) is 11.7. The van der Waals surface area contributed by atoms with Crippen LogP contribution in [0.2, 0.25) is 5.15 Å². The van der Waals surface area contributed by atoms with Crippen molar-refractivity contribution in [1.82, 2.24) is 15.2 Å². The van der Waals surface area contributed by atoms with Crippen LogP contribution in [0.3, 0.4) is 0 Å². The molecule has 19 heavy (non-hydrogen) atoms. The quantitative estimate of drug-likeness (QED) is 0.641. The largest absolute Gasteiger partial charge is 0.314 e. The highest BCUT2D eigenvalue weighted by molar-refractivity contribution is 6.29. The van der Waals surface area contributed by atoms with Gasteiger partial charge in [-0.05, 0) is 18.1 Å². The molecule has 0 amide bonds. The van der Waals surface area contributed by atoms with Gasteiger partial charge in [-0.25, -0.2) is 4.98 Å². The van der Waals surface area contributed by atoms with E-state index in [2.05, 4.69) is 28.2 Å². The average molecular weight is 282 g/mol. The van der Waals surface area contributed by atoms with Crippen LogP contribution in [0.15, 0.2) is 18.3 Å². The second kappa shape index (κ2) is 7.83. The summed E-state index contributed by atoms with van der Waals surface area (Å²) in [5, 5.41) is 4.00. The van der Waals surface area contributed by atoms with Crippen molar-refractivity contribution in [1.29, 1.82) is 0 Å². The summed E-state index contributed by atoms with van der Waals surface area (Å²) in [6.07, 6.45) is 7.03. The molecule has 1 fully saturated rings. The third kappa shape index (κ3) is 4.44. The summed E-state index contributed by atoms with van der Waals surface area (Å²) < 4.78 is 0. The van der Waals surface area contributed by atoms with E-state index in [1.165, 1.54) is 31.2 Å². The van der Waals surface area contributed by atoms with Gasteiger partial charge in [0.25, 0.3) is 0 Å². The highest BCUT2D eigenvalue weighted by Crippen LogP contribution is 2.27. The first kappa shape index (κ1) is 14.8. The Morgan fingerprint density at radius 3 is 2.74 bits per heavy atom. The molecule has 0 aromatic carbocycles. The van der Waals surface area contributed by atoms with E-state index in [1.807, 2.05) is 12.3 Å². The molecule has 0 bridgehead atoms. The molecule has 0 aliphatic carbocycles. The molecule has 1 aromatic rings. The summed E-state index contributed by atoms with van der Waals surface area (Å²) in [5.41, 5.74) is 1.31. The Morgan fingerprint density at radius 1 is 1.32 bits per heavy atom. The van der Waals surface area contributed by atoms with Gasteiger partial charge in [-0.3, -0.25) is 4.90 Å². The van der Waals surface area contributed by atoms with Gasteiger partial charge in [-0.15, -0.1) is 0 Å². The molecular formula is C15H24ClN3. The fourth-order valence-electron chi connectivity index (χ4n) is 2.73. The Bertz CT molecular complexity index is 360. The van der Waals surface area contributed by atoms with Crippen LogP contribution in [0.1, 0.15) is 44.2 Å². The molecule has 0 spiro atoms. The van der Waals surface area contributed by atoms with Gasteiger partial charge in [-0.1, -0.05) is 43.9 Å². The Balaban J connectivity index is 2.05. The van der Waals surface area contributed by atoms with Gasteiger partial charge in [0, 0.05) is 38.4 Å². The van der Waals surface area contributed by atoms with Crippen LogP contribution in [-0.4, -0.2) is 36.1 Å². The number of hydrogen-bond acceptors (Lipinski definition) is 3. The Hall–Kier alpha value is -0.640. The molecule has 1 aromatic heterocycles. The molecule has 0 saturated carbocycles. The topological polar surface area (TPSA) is 28.2 Å². The number of unbranched alkanes of at least 4 members (excludes halogenated alkanes) is 2. The van der Waals surface area contributed by atoms with Crippen LogP contribution in [0.5, 0.6) is 0 Å². The van der Waals surface area contributed by atoms with Crippen molar-refractivity contribution in [2.45, 2.75) is 38.6 Å². The zero-order chi connectivity index (χ0) is 13.5. The third-order valence-electron chi connectivity index (χ3n) is 3.81. The van der Waals surface area contributed by atoms with Crippen LogP contribution in [-0.2, 0) is 0 Å². The number of nitrogens with zero attached hydrogens (tertiary/aromatic N) is 2. The number of hydrogen-bond donors (Lipinski definition) is 1. The van der Waals surface area contributed by atoms with E-state index >= 15 is 0 Å². The van der Waals surface area contributed by atoms with E-state index in [4.69, 9.17) is 11.6 Å². The molecule has 106 valence electrons. The fourth-order valence-corrected chi connectivity index (χ4v) is 2.84. The van der Waals surface area contributed by atoms with Gasteiger partial charge in [0.1, 0.15) is 5.15 Å². The minimum absolute atomic E-state index is 0.499. The van der Waals surface area contributed by atoms with Crippen LogP contribution >= 0.6 is 11.6 Å². The molecule has 1 saturated heterocycles. The Morgan fingerprint density at radius 2 is 2.11 bits per heavy atom. The fraction of sp³-hybridized carbons (Fsp3) is 0.667. The predicted molar refractivity (Wildman–Crippen MR) is 80.6 cm³/mol. The molecule has 0 unspecified atom stereocenters. The van der Waals surface area contributed by atoms with Crippen molar-refractivity contribution in [3.8, 4) is 0 Å².